The highest BCUT2D eigenvalue weighted by Gasteiger charge is 2.22. The van der Waals surface area contributed by atoms with Gasteiger partial charge in [0.15, 0.2) is 0 Å². The summed E-state index contributed by atoms with van der Waals surface area (Å²) < 4.78 is 1.80. The number of benzene rings is 1. The fraction of sp³-hybridized carbons (Fsp3) is 0.474. The van der Waals surface area contributed by atoms with Crippen LogP contribution in [0.1, 0.15) is 36.2 Å². The first kappa shape index (κ1) is 17.6. The first-order valence-corrected chi connectivity index (χ1v) is 9.00. The molecule has 1 aliphatic rings. The number of unbranched alkanes of at least 4 members (excludes halogenated alkanes) is 1. The third-order valence-corrected chi connectivity index (χ3v) is 4.77. The van der Waals surface area contributed by atoms with Crippen LogP contribution in [0, 0.1) is 0 Å². The zero-order chi connectivity index (χ0) is 17.5. The maximum atomic E-state index is 12.4. The molecule has 0 saturated carbocycles. The van der Waals surface area contributed by atoms with E-state index in [1.54, 1.807) is 17.1 Å². The largest absolute Gasteiger partial charge is 0.395 e. The van der Waals surface area contributed by atoms with Gasteiger partial charge in [0.1, 0.15) is 5.69 Å². The third kappa shape index (κ3) is 4.46. The van der Waals surface area contributed by atoms with E-state index < -0.39 is 0 Å². The number of aliphatic hydroxyl groups excluding tert-OH is 1. The van der Waals surface area contributed by atoms with Crippen LogP contribution < -0.4 is 5.32 Å². The predicted octanol–water partition coefficient (Wildman–Crippen LogP) is 1.84. The predicted molar refractivity (Wildman–Crippen MR) is 96.8 cm³/mol. The van der Waals surface area contributed by atoms with E-state index in [0.29, 0.717) is 18.3 Å². The number of rotatable bonds is 8. The Morgan fingerprint density at radius 1 is 1.28 bits per heavy atom. The minimum atomic E-state index is -0.101. The van der Waals surface area contributed by atoms with E-state index >= 15 is 0 Å². The van der Waals surface area contributed by atoms with Gasteiger partial charge in [0.05, 0.1) is 19.1 Å². The Hall–Kier alpha value is -2.18. The number of likely N-dealkylation sites (tertiary alicyclic amines) is 1. The van der Waals surface area contributed by atoms with E-state index in [4.69, 9.17) is 0 Å². The number of imidazole rings is 1. The summed E-state index contributed by atoms with van der Waals surface area (Å²) in [6.07, 6.45) is 7.47. The lowest BCUT2D eigenvalue weighted by molar-refractivity contribution is 0.0945. The average molecular weight is 342 g/mol. The van der Waals surface area contributed by atoms with Crippen molar-refractivity contribution in [3.63, 3.8) is 0 Å². The minimum absolute atomic E-state index is 0.101. The number of carbonyl (C=O) groups is 1. The van der Waals surface area contributed by atoms with Gasteiger partial charge in [0.25, 0.3) is 5.91 Å². The van der Waals surface area contributed by atoms with E-state index in [2.05, 4.69) is 15.2 Å². The van der Waals surface area contributed by atoms with Crippen molar-refractivity contribution in [1.29, 1.82) is 0 Å². The Labute approximate surface area is 148 Å². The van der Waals surface area contributed by atoms with Crippen LogP contribution in [0.3, 0.4) is 0 Å². The lowest BCUT2D eigenvalue weighted by Crippen LogP contribution is -2.33. The maximum absolute atomic E-state index is 12.4. The van der Waals surface area contributed by atoms with Crippen molar-refractivity contribution in [2.24, 2.45) is 0 Å². The molecule has 0 bridgehead atoms. The molecule has 1 amide bonds. The summed E-state index contributed by atoms with van der Waals surface area (Å²) in [4.78, 5) is 18.9. The van der Waals surface area contributed by atoms with Crippen LogP contribution in [0.2, 0.25) is 0 Å². The summed E-state index contributed by atoms with van der Waals surface area (Å²) >= 11 is 0. The molecule has 2 aromatic rings. The Balaban J connectivity index is 1.44. The molecule has 1 atom stereocenters. The lowest BCUT2D eigenvalue weighted by atomic mass is 10.2. The zero-order valence-electron chi connectivity index (χ0n) is 14.5. The molecule has 0 radical (unpaired) electrons. The van der Waals surface area contributed by atoms with Crippen molar-refractivity contribution >= 4 is 5.91 Å². The minimum Gasteiger partial charge on any atom is -0.395 e. The van der Waals surface area contributed by atoms with E-state index in [0.717, 1.165) is 38.0 Å². The number of hydrogen-bond donors (Lipinski definition) is 2. The normalized spacial score (nSPS) is 17.7. The number of para-hydroxylation sites is 1. The first-order chi connectivity index (χ1) is 12.3. The van der Waals surface area contributed by atoms with Gasteiger partial charge in [-0.3, -0.25) is 14.3 Å². The van der Waals surface area contributed by atoms with Crippen LogP contribution in [0.25, 0.3) is 5.69 Å². The summed E-state index contributed by atoms with van der Waals surface area (Å²) in [5.74, 6) is -0.101. The monoisotopic (exact) mass is 342 g/mol. The second-order valence-electron chi connectivity index (χ2n) is 6.46. The van der Waals surface area contributed by atoms with Gasteiger partial charge < -0.3 is 10.4 Å². The van der Waals surface area contributed by atoms with Crippen LogP contribution >= 0.6 is 0 Å². The van der Waals surface area contributed by atoms with Crippen molar-refractivity contribution in [1.82, 2.24) is 19.8 Å². The number of amides is 1. The highest BCUT2D eigenvalue weighted by Crippen LogP contribution is 2.17. The zero-order valence-corrected chi connectivity index (χ0v) is 14.5. The van der Waals surface area contributed by atoms with E-state index in [1.807, 2.05) is 30.3 Å². The molecule has 2 heterocycles. The van der Waals surface area contributed by atoms with Gasteiger partial charge in [-0.05, 0) is 50.9 Å². The van der Waals surface area contributed by atoms with Crippen molar-refractivity contribution in [2.45, 2.75) is 31.7 Å². The van der Waals surface area contributed by atoms with Gasteiger partial charge >= 0.3 is 0 Å². The molecular formula is C19H26N4O2. The first-order valence-electron chi connectivity index (χ1n) is 9.00. The summed E-state index contributed by atoms with van der Waals surface area (Å²) in [6, 6.07) is 10.1. The summed E-state index contributed by atoms with van der Waals surface area (Å²) in [5, 5.41) is 12.3. The van der Waals surface area contributed by atoms with E-state index in [-0.39, 0.29) is 12.5 Å². The van der Waals surface area contributed by atoms with Gasteiger partial charge in [0, 0.05) is 18.3 Å². The van der Waals surface area contributed by atoms with E-state index in [1.165, 1.54) is 6.42 Å². The second-order valence-corrected chi connectivity index (χ2v) is 6.46. The molecule has 134 valence electrons. The molecule has 1 aromatic heterocycles. The lowest BCUT2D eigenvalue weighted by Gasteiger charge is -2.22. The molecule has 25 heavy (non-hydrogen) atoms. The number of nitrogens with one attached hydrogen (secondary N) is 1. The number of hydrogen-bond acceptors (Lipinski definition) is 4. The highest BCUT2D eigenvalue weighted by atomic mass is 16.3. The second kappa shape index (κ2) is 8.78. The number of carbonyl (C=O) groups excluding carboxylic acids is 1. The summed E-state index contributed by atoms with van der Waals surface area (Å²) in [5.41, 5.74) is 1.47. The molecule has 0 aliphatic carbocycles. The molecule has 1 fully saturated rings. The molecule has 1 saturated heterocycles. The van der Waals surface area contributed by atoms with Crippen LogP contribution in [0.15, 0.2) is 42.9 Å². The number of nitrogens with zero attached hydrogens (tertiary/aromatic N) is 3. The third-order valence-electron chi connectivity index (χ3n) is 4.77. The van der Waals surface area contributed by atoms with Crippen LogP contribution in [-0.4, -0.2) is 57.7 Å². The number of aliphatic hydroxyl groups is 1. The molecule has 3 rings (SSSR count). The average Bonchev–Trinajstić information content (AvgIpc) is 3.31. The Bertz CT molecular complexity index is 671. The molecule has 6 nitrogen and oxygen atoms in total. The SMILES string of the molecule is O=C(NCCCCN1CCCC1CO)c1cncn1-c1ccccc1. The molecule has 6 heteroatoms. The smallest absolute Gasteiger partial charge is 0.269 e. The van der Waals surface area contributed by atoms with Gasteiger partial charge in [-0.1, -0.05) is 18.2 Å². The highest BCUT2D eigenvalue weighted by molar-refractivity contribution is 5.92. The quantitative estimate of drug-likeness (QED) is 0.718. The van der Waals surface area contributed by atoms with Crippen molar-refractivity contribution < 1.29 is 9.90 Å². The molecule has 1 aliphatic heterocycles. The Morgan fingerprint density at radius 2 is 2.12 bits per heavy atom. The Kier molecular flexibility index (Phi) is 6.19. The molecular weight excluding hydrogens is 316 g/mol. The molecule has 1 unspecified atom stereocenters. The fourth-order valence-corrected chi connectivity index (χ4v) is 3.39. The van der Waals surface area contributed by atoms with Gasteiger partial charge in [-0.2, -0.15) is 0 Å². The summed E-state index contributed by atoms with van der Waals surface area (Å²) in [7, 11) is 0. The molecule has 2 N–H and O–H groups in total. The summed E-state index contributed by atoms with van der Waals surface area (Å²) in [6.45, 7) is 2.97. The van der Waals surface area contributed by atoms with Gasteiger partial charge in [0.2, 0.25) is 0 Å². The van der Waals surface area contributed by atoms with Gasteiger partial charge in [-0.25, -0.2) is 4.98 Å². The standard InChI is InChI=1S/C19H26N4O2/c24-14-17-9-6-12-22(17)11-5-4-10-21-19(25)18-13-20-15-23(18)16-7-2-1-3-8-16/h1-3,7-8,13,15,17,24H,4-6,9-12,14H2,(H,21,25). The van der Waals surface area contributed by atoms with Crippen LogP contribution in [-0.2, 0) is 0 Å². The van der Waals surface area contributed by atoms with Gasteiger partial charge in [-0.15, -0.1) is 0 Å². The van der Waals surface area contributed by atoms with E-state index in [9.17, 15) is 9.90 Å². The van der Waals surface area contributed by atoms with Crippen LogP contribution in [0.4, 0.5) is 0 Å². The van der Waals surface area contributed by atoms with Crippen molar-refractivity contribution in [3.8, 4) is 5.69 Å². The van der Waals surface area contributed by atoms with Crippen molar-refractivity contribution in [2.75, 3.05) is 26.2 Å². The molecule has 0 spiro atoms. The number of aromatic nitrogens is 2. The maximum Gasteiger partial charge on any atom is 0.269 e. The van der Waals surface area contributed by atoms with Crippen LogP contribution in [0.5, 0.6) is 0 Å². The fourth-order valence-electron chi connectivity index (χ4n) is 3.39. The molecule has 1 aromatic carbocycles. The topological polar surface area (TPSA) is 70.4 Å². The Morgan fingerprint density at radius 3 is 2.92 bits per heavy atom. The van der Waals surface area contributed by atoms with Crippen molar-refractivity contribution in [3.05, 3.63) is 48.5 Å².